The molecule has 4 nitrogen and oxygen atoms in total. The summed E-state index contributed by atoms with van der Waals surface area (Å²) in [6.07, 6.45) is -11.5. The first-order valence-electron chi connectivity index (χ1n) is 12.7. The molecule has 1 aliphatic carbocycles. The van der Waals surface area contributed by atoms with Crippen LogP contribution in [0.25, 0.3) is 0 Å². The van der Waals surface area contributed by atoms with E-state index in [9.17, 15) is 39.2 Å². The largest absolute Gasteiger partial charge is 0.430 e. The zero-order valence-corrected chi connectivity index (χ0v) is 22.7. The summed E-state index contributed by atoms with van der Waals surface area (Å²) < 4.78 is 130. The fourth-order valence-electron chi connectivity index (χ4n) is 5.29. The van der Waals surface area contributed by atoms with Crippen molar-refractivity contribution in [1.82, 2.24) is 0 Å². The summed E-state index contributed by atoms with van der Waals surface area (Å²) in [5, 5.41) is 0. The van der Waals surface area contributed by atoms with Crippen LogP contribution in [0, 0.1) is 5.82 Å². The van der Waals surface area contributed by atoms with Crippen molar-refractivity contribution in [2.75, 3.05) is 0 Å². The second-order valence-electron chi connectivity index (χ2n) is 10.6. The number of ether oxygens (including phenoxy) is 1. The molecule has 0 amide bonds. The zero-order valence-electron chi connectivity index (χ0n) is 21.9. The summed E-state index contributed by atoms with van der Waals surface area (Å²) in [6.45, 7) is 0.745. The number of alkyl halides is 6. The highest BCUT2D eigenvalue weighted by molar-refractivity contribution is 7.92. The first kappa shape index (κ1) is 31.0. The van der Waals surface area contributed by atoms with Gasteiger partial charge >= 0.3 is 12.4 Å². The lowest BCUT2D eigenvalue weighted by atomic mass is 9.74. The first-order chi connectivity index (χ1) is 19.0. The van der Waals surface area contributed by atoms with Crippen LogP contribution in [0.1, 0.15) is 49.3 Å². The molecule has 222 valence electrons. The molecule has 3 aromatic rings. The van der Waals surface area contributed by atoms with E-state index >= 15 is 0 Å². The molecule has 0 atom stereocenters. The Morgan fingerprint density at radius 1 is 0.780 bits per heavy atom. The molecule has 12 heteroatoms. The van der Waals surface area contributed by atoms with Gasteiger partial charge in [-0.15, -0.1) is 0 Å². The maximum atomic E-state index is 14.3. The van der Waals surface area contributed by atoms with Gasteiger partial charge in [0.1, 0.15) is 10.6 Å². The Balaban J connectivity index is 1.83. The Bertz CT molecular complexity index is 1430. The number of benzene rings is 3. The van der Waals surface area contributed by atoms with E-state index in [1.165, 1.54) is 24.3 Å². The Morgan fingerprint density at radius 2 is 1.29 bits per heavy atom. The molecule has 2 N–H and O–H groups in total. The predicted molar refractivity (Wildman–Crippen MR) is 138 cm³/mol. The van der Waals surface area contributed by atoms with Crippen molar-refractivity contribution >= 4 is 9.84 Å². The standard InChI is InChI=1S/C29H28F7NO3S/c1-25(37)15-17-26(18-16-25,41(38,39)24-13-11-23(30)12-14-24)21-7-9-22(10-8-21)27(28(31,32)33,29(34,35)36)40-19-20-5-3-2-4-6-20/h2-14H,15-19,37H2,1H3. The molecule has 0 bridgehead atoms. The minimum Gasteiger partial charge on any atom is -0.349 e. The van der Waals surface area contributed by atoms with Crippen LogP contribution in [0.15, 0.2) is 83.8 Å². The summed E-state index contributed by atoms with van der Waals surface area (Å²) in [5.41, 5.74) is -0.329. The third kappa shape index (κ3) is 5.61. The molecule has 0 heterocycles. The Labute approximate surface area is 233 Å². The highest BCUT2D eigenvalue weighted by Gasteiger charge is 2.73. The molecule has 0 saturated heterocycles. The van der Waals surface area contributed by atoms with E-state index in [2.05, 4.69) is 0 Å². The molecule has 0 aromatic heterocycles. The highest BCUT2D eigenvalue weighted by Crippen LogP contribution is 2.54. The van der Waals surface area contributed by atoms with Crippen LogP contribution in [0.2, 0.25) is 0 Å². The number of hydrogen-bond donors (Lipinski definition) is 1. The van der Waals surface area contributed by atoms with Crippen molar-refractivity contribution in [1.29, 1.82) is 0 Å². The smallest absolute Gasteiger partial charge is 0.349 e. The van der Waals surface area contributed by atoms with E-state index in [1.54, 1.807) is 13.0 Å². The number of rotatable bonds is 7. The second-order valence-corrected chi connectivity index (χ2v) is 12.9. The van der Waals surface area contributed by atoms with E-state index in [-0.39, 0.29) is 41.7 Å². The molecule has 1 saturated carbocycles. The molecule has 1 aliphatic rings. The SMILES string of the molecule is CC1(N)CCC(c2ccc(C(OCc3ccccc3)(C(F)(F)F)C(F)(F)F)cc2)(S(=O)(=O)c2ccc(F)cc2)CC1. The molecule has 41 heavy (non-hydrogen) atoms. The summed E-state index contributed by atoms with van der Waals surface area (Å²) in [5.74, 6) is -0.674. The van der Waals surface area contributed by atoms with Gasteiger partial charge in [-0.1, -0.05) is 54.6 Å². The van der Waals surface area contributed by atoms with Crippen LogP contribution in [0.5, 0.6) is 0 Å². The first-order valence-corrected chi connectivity index (χ1v) is 14.2. The molecule has 0 spiro atoms. The summed E-state index contributed by atoms with van der Waals surface area (Å²) in [6, 6.07) is 14.4. The molecule has 3 aromatic carbocycles. The van der Waals surface area contributed by atoms with E-state index in [1.807, 2.05) is 0 Å². The van der Waals surface area contributed by atoms with Crippen LogP contribution in [0.3, 0.4) is 0 Å². The van der Waals surface area contributed by atoms with Gasteiger partial charge in [-0.2, -0.15) is 26.3 Å². The van der Waals surface area contributed by atoms with Crippen molar-refractivity contribution in [2.45, 2.75) is 72.3 Å². The average Bonchev–Trinajstić information content (AvgIpc) is 2.89. The predicted octanol–water partition coefficient (Wildman–Crippen LogP) is 7.32. The maximum absolute atomic E-state index is 14.3. The number of hydrogen-bond acceptors (Lipinski definition) is 4. The summed E-state index contributed by atoms with van der Waals surface area (Å²) in [4.78, 5) is -0.227. The normalized spacial score (nSPS) is 22.5. The number of halogens is 7. The van der Waals surface area contributed by atoms with Crippen LogP contribution in [-0.2, 0) is 31.5 Å². The van der Waals surface area contributed by atoms with Gasteiger partial charge < -0.3 is 10.5 Å². The van der Waals surface area contributed by atoms with Crippen molar-refractivity contribution < 1.29 is 43.9 Å². The van der Waals surface area contributed by atoms with E-state index in [0.29, 0.717) is 12.1 Å². The number of sulfone groups is 1. The fraction of sp³-hybridized carbons (Fsp3) is 0.379. The van der Waals surface area contributed by atoms with Gasteiger partial charge in [-0.25, -0.2) is 12.8 Å². The second kappa shape index (κ2) is 10.7. The molecule has 4 rings (SSSR count). The lowest BCUT2D eigenvalue weighted by Crippen LogP contribution is -2.56. The van der Waals surface area contributed by atoms with E-state index in [4.69, 9.17) is 10.5 Å². The maximum Gasteiger partial charge on any atom is 0.430 e. The summed E-state index contributed by atoms with van der Waals surface area (Å²) >= 11 is 0. The van der Waals surface area contributed by atoms with Crippen LogP contribution >= 0.6 is 0 Å². The van der Waals surface area contributed by atoms with Crippen LogP contribution in [0.4, 0.5) is 30.7 Å². The van der Waals surface area contributed by atoms with Crippen molar-refractivity contribution in [3.05, 3.63) is 101 Å². The zero-order chi connectivity index (χ0) is 30.3. The van der Waals surface area contributed by atoms with Crippen LogP contribution in [-0.4, -0.2) is 26.3 Å². The Morgan fingerprint density at radius 3 is 1.78 bits per heavy atom. The Kier molecular flexibility index (Phi) is 8.09. The lowest BCUT2D eigenvalue weighted by molar-refractivity contribution is -0.392. The lowest BCUT2D eigenvalue weighted by Gasteiger charge is -2.43. The third-order valence-corrected chi connectivity index (χ3v) is 10.3. The van der Waals surface area contributed by atoms with E-state index < -0.39 is 56.1 Å². The third-order valence-electron chi connectivity index (χ3n) is 7.75. The van der Waals surface area contributed by atoms with Gasteiger partial charge in [0.25, 0.3) is 5.60 Å². The topological polar surface area (TPSA) is 69.4 Å². The molecule has 1 fully saturated rings. The Hall–Kier alpha value is -2.96. The quantitative estimate of drug-likeness (QED) is 0.227. The molecule has 0 aliphatic heterocycles. The minimum absolute atomic E-state index is 0.00221. The van der Waals surface area contributed by atoms with Gasteiger partial charge in [0.2, 0.25) is 0 Å². The van der Waals surface area contributed by atoms with Crippen molar-refractivity contribution in [3.8, 4) is 0 Å². The monoisotopic (exact) mass is 603 g/mol. The molecule has 0 unspecified atom stereocenters. The van der Waals surface area contributed by atoms with Gasteiger partial charge in [-0.3, -0.25) is 0 Å². The van der Waals surface area contributed by atoms with Gasteiger partial charge in [0, 0.05) is 11.1 Å². The van der Waals surface area contributed by atoms with Crippen molar-refractivity contribution in [3.63, 3.8) is 0 Å². The minimum atomic E-state index is -5.91. The van der Waals surface area contributed by atoms with Crippen LogP contribution < -0.4 is 5.73 Å². The van der Waals surface area contributed by atoms with Gasteiger partial charge in [0.15, 0.2) is 9.84 Å². The fourth-order valence-corrected chi connectivity index (χ4v) is 7.42. The summed E-state index contributed by atoms with van der Waals surface area (Å²) in [7, 11) is -4.29. The van der Waals surface area contributed by atoms with E-state index in [0.717, 1.165) is 36.4 Å². The average molecular weight is 604 g/mol. The number of nitrogens with two attached hydrogens (primary N) is 1. The molecular formula is C29H28F7NO3S. The molecule has 0 radical (unpaired) electrons. The van der Waals surface area contributed by atoms with Crippen molar-refractivity contribution in [2.24, 2.45) is 5.73 Å². The van der Waals surface area contributed by atoms with Gasteiger partial charge in [0.05, 0.1) is 11.5 Å². The molecular weight excluding hydrogens is 575 g/mol. The van der Waals surface area contributed by atoms with Gasteiger partial charge in [-0.05, 0) is 68.0 Å². The highest BCUT2D eigenvalue weighted by atomic mass is 32.2.